The van der Waals surface area contributed by atoms with Gasteiger partial charge in [0, 0.05) is 24.4 Å². The lowest BCUT2D eigenvalue weighted by molar-refractivity contribution is -0.141. The molecule has 2 fully saturated rings. The summed E-state index contributed by atoms with van der Waals surface area (Å²) in [7, 11) is 4.00. The van der Waals surface area contributed by atoms with Crippen molar-refractivity contribution in [3.63, 3.8) is 0 Å². The molecule has 1 aliphatic carbocycles. The summed E-state index contributed by atoms with van der Waals surface area (Å²) < 4.78 is 5.58. The minimum atomic E-state index is 0.227. The number of thiophene rings is 1. The summed E-state index contributed by atoms with van der Waals surface area (Å²) in [5, 5.41) is 2.22. The zero-order chi connectivity index (χ0) is 18.1. The molecule has 1 aromatic heterocycles. The first-order valence-electron chi connectivity index (χ1n) is 10.3. The molecule has 0 spiro atoms. The molecule has 26 heavy (non-hydrogen) atoms. The topological polar surface area (TPSA) is 32.8 Å². The molecule has 0 bridgehead atoms. The predicted octanol–water partition coefficient (Wildman–Crippen LogP) is 3.72. The second-order valence-electron chi connectivity index (χ2n) is 8.39. The molecule has 4 nitrogen and oxygen atoms in total. The van der Waals surface area contributed by atoms with Crippen LogP contribution in [0.15, 0.2) is 11.4 Å². The number of methoxy groups -OCH3 is 1. The maximum absolute atomic E-state index is 13.5. The van der Waals surface area contributed by atoms with Crippen LogP contribution in [0, 0.1) is 11.8 Å². The number of ether oxygens (including phenoxy) is 1. The molecule has 4 rings (SSSR count). The van der Waals surface area contributed by atoms with Gasteiger partial charge in [0.25, 0.3) is 0 Å². The molecule has 3 heterocycles. The fourth-order valence-corrected chi connectivity index (χ4v) is 6.34. The predicted molar refractivity (Wildman–Crippen MR) is 105 cm³/mol. The molecule has 0 N–H and O–H groups in total. The third-order valence-corrected chi connectivity index (χ3v) is 7.89. The normalized spacial score (nSPS) is 31.0. The Balaban J connectivity index is 1.54. The molecule has 0 radical (unpaired) electrons. The van der Waals surface area contributed by atoms with E-state index in [9.17, 15) is 4.79 Å². The Kier molecular flexibility index (Phi) is 5.67. The number of carbonyl (C=O) groups is 1. The average molecular weight is 377 g/mol. The Morgan fingerprint density at radius 2 is 1.85 bits per heavy atom. The first-order valence-corrected chi connectivity index (χ1v) is 11.1. The lowest BCUT2D eigenvalue weighted by Crippen LogP contribution is -2.48. The highest BCUT2D eigenvalue weighted by Gasteiger charge is 2.40. The van der Waals surface area contributed by atoms with Crippen molar-refractivity contribution >= 4 is 17.2 Å². The van der Waals surface area contributed by atoms with Crippen molar-refractivity contribution in [2.75, 3.05) is 33.8 Å². The lowest BCUT2D eigenvalue weighted by Gasteiger charge is -2.44. The average Bonchev–Trinajstić information content (AvgIpc) is 3.16. The number of carbonyl (C=O) groups excluding carboxylic acids is 1. The van der Waals surface area contributed by atoms with E-state index in [0.717, 1.165) is 51.7 Å². The van der Waals surface area contributed by atoms with Gasteiger partial charge in [-0.15, -0.1) is 11.3 Å². The Bertz CT molecular complexity index is 615. The van der Waals surface area contributed by atoms with Crippen LogP contribution in [0.1, 0.15) is 55.0 Å². The Morgan fingerprint density at radius 1 is 1.12 bits per heavy atom. The largest absolute Gasteiger partial charge is 0.381 e. The van der Waals surface area contributed by atoms with Gasteiger partial charge in [0.1, 0.15) is 0 Å². The summed E-state index contributed by atoms with van der Waals surface area (Å²) in [4.78, 5) is 19.6. The van der Waals surface area contributed by atoms with E-state index in [-0.39, 0.29) is 5.92 Å². The Morgan fingerprint density at radius 3 is 2.54 bits per heavy atom. The number of hydrogen-bond acceptors (Lipinski definition) is 4. The van der Waals surface area contributed by atoms with Gasteiger partial charge in [0.2, 0.25) is 5.91 Å². The van der Waals surface area contributed by atoms with Crippen molar-refractivity contribution in [2.24, 2.45) is 11.8 Å². The smallest absolute Gasteiger partial charge is 0.226 e. The molecule has 1 atom stereocenters. The Labute approximate surface area is 161 Å². The molecule has 144 valence electrons. The van der Waals surface area contributed by atoms with Crippen LogP contribution in [0.3, 0.4) is 0 Å². The number of amides is 1. The maximum atomic E-state index is 13.5. The fourth-order valence-electron chi connectivity index (χ4n) is 5.18. The van der Waals surface area contributed by atoms with Gasteiger partial charge >= 0.3 is 0 Å². The minimum absolute atomic E-state index is 0.227. The van der Waals surface area contributed by atoms with Crippen molar-refractivity contribution in [2.45, 2.75) is 57.1 Å². The summed E-state index contributed by atoms with van der Waals surface area (Å²) in [6.07, 6.45) is 8.11. The molecule has 5 heteroatoms. The molecule has 0 aromatic carbocycles. The van der Waals surface area contributed by atoms with Gasteiger partial charge in [-0.1, -0.05) is 0 Å². The zero-order valence-corrected chi connectivity index (χ0v) is 17.0. The van der Waals surface area contributed by atoms with Crippen molar-refractivity contribution < 1.29 is 9.53 Å². The van der Waals surface area contributed by atoms with Crippen molar-refractivity contribution in [3.8, 4) is 0 Å². The third kappa shape index (κ3) is 3.58. The summed E-state index contributed by atoms with van der Waals surface area (Å²) >= 11 is 1.87. The molecular weight excluding hydrogens is 344 g/mol. The highest BCUT2D eigenvalue weighted by atomic mass is 32.1. The van der Waals surface area contributed by atoms with Crippen LogP contribution in [-0.2, 0) is 16.0 Å². The molecule has 2 aliphatic heterocycles. The molecule has 1 saturated carbocycles. The van der Waals surface area contributed by atoms with Gasteiger partial charge in [-0.25, -0.2) is 0 Å². The van der Waals surface area contributed by atoms with Crippen LogP contribution in [0.2, 0.25) is 0 Å². The van der Waals surface area contributed by atoms with E-state index in [2.05, 4.69) is 28.3 Å². The van der Waals surface area contributed by atoms with Crippen LogP contribution in [-0.4, -0.2) is 55.6 Å². The first-order chi connectivity index (χ1) is 12.7. The van der Waals surface area contributed by atoms with Crippen molar-refractivity contribution in [3.05, 3.63) is 21.9 Å². The fraction of sp³-hybridized carbons (Fsp3) is 0.762. The lowest BCUT2D eigenvalue weighted by atomic mass is 9.78. The maximum Gasteiger partial charge on any atom is 0.226 e. The van der Waals surface area contributed by atoms with E-state index < -0.39 is 0 Å². The second-order valence-corrected chi connectivity index (χ2v) is 9.33. The number of likely N-dealkylation sites (tertiary alicyclic amines) is 1. The molecule has 1 amide bonds. The molecule has 1 unspecified atom stereocenters. The van der Waals surface area contributed by atoms with E-state index in [4.69, 9.17) is 4.74 Å². The van der Waals surface area contributed by atoms with E-state index in [1.165, 1.54) is 23.3 Å². The van der Waals surface area contributed by atoms with Gasteiger partial charge in [0.15, 0.2) is 0 Å². The van der Waals surface area contributed by atoms with Gasteiger partial charge < -0.3 is 14.5 Å². The number of rotatable bonds is 3. The van der Waals surface area contributed by atoms with Gasteiger partial charge in [-0.2, -0.15) is 0 Å². The van der Waals surface area contributed by atoms with Crippen LogP contribution < -0.4 is 0 Å². The van der Waals surface area contributed by atoms with E-state index in [1.54, 1.807) is 0 Å². The SMILES string of the molecule is COC1CCC(C2c3sccc3CCN2C(=O)C2CCN(C)CC2)CC1. The molecule has 3 aliphatic rings. The minimum Gasteiger partial charge on any atom is -0.381 e. The van der Waals surface area contributed by atoms with E-state index in [0.29, 0.717) is 24.0 Å². The summed E-state index contributed by atoms with van der Waals surface area (Å²) in [6.45, 7) is 3.01. The standard InChI is InChI=1S/C21H32N2O2S/c1-22-11-7-17(8-12-22)21(24)23-13-9-16-10-14-26-20(16)19(23)15-3-5-18(25-2)6-4-15/h10,14-15,17-19H,3-9,11-13H2,1-2H3. The van der Waals surface area contributed by atoms with Crippen molar-refractivity contribution in [1.29, 1.82) is 0 Å². The van der Waals surface area contributed by atoms with Gasteiger partial charge in [-0.3, -0.25) is 4.79 Å². The van der Waals surface area contributed by atoms with Gasteiger partial charge in [0.05, 0.1) is 12.1 Å². The monoisotopic (exact) mass is 376 g/mol. The summed E-state index contributed by atoms with van der Waals surface area (Å²) in [5.74, 6) is 1.25. The molecular formula is C21H32N2O2S. The summed E-state index contributed by atoms with van der Waals surface area (Å²) in [6, 6.07) is 2.59. The van der Waals surface area contributed by atoms with Crippen LogP contribution in [0.4, 0.5) is 0 Å². The third-order valence-electron chi connectivity index (χ3n) is 6.86. The van der Waals surface area contributed by atoms with Crippen LogP contribution in [0.5, 0.6) is 0 Å². The number of hydrogen-bond donors (Lipinski definition) is 0. The first kappa shape index (κ1) is 18.5. The summed E-state index contributed by atoms with van der Waals surface area (Å²) in [5.41, 5.74) is 1.49. The van der Waals surface area contributed by atoms with Crippen LogP contribution in [0.25, 0.3) is 0 Å². The molecule has 1 saturated heterocycles. The van der Waals surface area contributed by atoms with E-state index in [1.807, 2.05) is 18.4 Å². The highest BCUT2D eigenvalue weighted by Crippen LogP contribution is 2.45. The van der Waals surface area contributed by atoms with Crippen LogP contribution >= 0.6 is 11.3 Å². The highest BCUT2D eigenvalue weighted by molar-refractivity contribution is 7.10. The number of fused-ring (bicyclic) bond motifs is 1. The molecule has 1 aromatic rings. The second kappa shape index (κ2) is 7.99. The van der Waals surface area contributed by atoms with Gasteiger partial charge in [-0.05, 0) is 88.0 Å². The zero-order valence-electron chi connectivity index (χ0n) is 16.2. The number of piperidine rings is 1. The Hall–Kier alpha value is -0.910. The van der Waals surface area contributed by atoms with E-state index >= 15 is 0 Å². The van der Waals surface area contributed by atoms with Crippen molar-refractivity contribution in [1.82, 2.24) is 9.80 Å². The quantitative estimate of drug-likeness (QED) is 0.806. The number of nitrogens with zero attached hydrogens (tertiary/aromatic N) is 2.